The normalized spacial score (nSPS) is 27.4. The molecule has 2 fully saturated rings. The van der Waals surface area contributed by atoms with Gasteiger partial charge in [-0.2, -0.15) is 5.10 Å². The van der Waals surface area contributed by atoms with Crippen LogP contribution in [0.4, 0.5) is 0 Å². The molecule has 0 amide bonds. The number of rotatable bonds is 4. The summed E-state index contributed by atoms with van der Waals surface area (Å²) in [7, 11) is -2.04. The molecule has 7 heteroatoms. The minimum absolute atomic E-state index is 0.264. The zero-order valence-corrected chi connectivity index (χ0v) is 21.3. The van der Waals surface area contributed by atoms with Crippen LogP contribution in [0.5, 0.6) is 0 Å². The summed E-state index contributed by atoms with van der Waals surface area (Å²) in [4.78, 5) is 0. The van der Waals surface area contributed by atoms with Crippen LogP contribution >= 0.6 is 0 Å². The van der Waals surface area contributed by atoms with Crippen LogP contribution in [0.15, 0.2) is 6.20 Å². The van der Waals surface area contributed by atoms with E-state index in [1.165, 1.54) is 0 Å². The lowest BCUT2D eigenvalue weighted by Crippen LogP contribution is -2.44. The van der Waals surface area contributed by atoms with Crippen molar-refractivity contribution in [1.82, 2.24) is 9.78 Å². The number of aromatic nitrogens is 2. The van der Waals surface area contributed by atoms with E-state index in [1.54, 1.807) is 0 Å². The molecule has 3 rings (SSSR count). The van der Waals surface area contributed by atoms with E-state index in [-0.39, 0.29) is 23.4 Å². The molecular weight excluding hydrogens is 379 g/mol. The zero-order valence-electron chi connectivity index (χ0n) is 20.3. The maximum Gasteiger partial charge on any atom is 0.498 e. The molecule has 1 saturated heterocycles. The largest absolute Gasteiger partial charge is 0.498 e. The second kappa shape index (κ2) is 7.50. The first-order chi connectivity index (χ1) is 13.1. The standard InChI is InChI=1S/C22H41BN2O3Si/c1-16-19(23-27-21(5,6)22(7,8)28-23)15-24-25(16)17-11-13-18(14-12-17)26-29(9,10)20(2,3)4/h15,17-18H,11-14H2,1-10H3. The van der Waals surface area contributed by atoms with E-state index in [2.05, 4.69) is 73.2 Å². The van der Waals surface area contributed by atoms with Crippen molar-refractivity contribution in [3.05, 3.63) is 11.9 Å². The van der Waals surface area contributed by atoms with Crippen LogP contribution in [0.3, 0.4) is 0 Å². The van der Waals surface area contributed by atoms with Gasteiger partial charge in [0.2, 0.25) is 0 Å². The molecule has 1 saturated carbocycles. The van der Waals surface area contributed by atoms with Crippen LogP contribution in [0, 0.1) is 6.92 Å². The molecule has 0 N–H and O–H groups in total. The van der Waals surface area contributed by atoms with E-state index < -0.39 is 8.32 Å². The minimum Gasteiger partial charge on any atom is -0.414 e. The summed E-state index contributed by atoms with van der Waals surface area (Å²) in [5, 5.41) is 5.01. The van der Waals surface area contributed by atoms with Gasteiger partial charge in [0, 0.05) is 23.5 Å². The van der Waals surface area contributed by atoms with Crippen molar-refractivity contribution in [2.75, 3.05) is 0 Å². The first-order valence-electron chi connectivity index (χ1n) is 11.2. The lowest BCUT2D eigenvalue weighted by Gasteiger charge is -2.41. The fraction of sp³-hybridized carbons (Fsp3) is 0.864. The smallest absolute Gasteiger partial charge is 0.414 e. The van der Waals surface area contributed by atoms with Crippen LogP contribution in [-0.4, -0.2) is 42.5 Å². The topological polar surface area (TPSA) is 45.5 Å². The van der Waals surface area contributed by atoms with E-state index >= 15 is 0 Å². The molecule has 1 aromatic rings. The second-order valence-corrected chi connectivity index (χ2v) is 16.3. The Labute approximate surface area is 179 Å². The van der Waals surface area contributed by atoms with Gasteiger partial charge in [0.05, 0.1) is 17.2 Å². The van der Waals surface area contributed by atoms with Crippen molar-refractivity contribution in [2.45, 2.75) is 123 Å². The number of nitrogens with zero attached hydrogens (tertiary/aromatic N) is 2. The van der Waals surface area contributed by atoms with Gasteiger partial charge in [0.15, 0.2) is 8.32 Å². The van der Waals surface area contributed by atoms with Gasteiger partial charge in [0.1, 0.15) is 0 Å². The van der Waals surface area contributed by atoms with E-state index in [0.29, 0.717) is 12.1 Å². The first-order valence-corrected chi connectivity index (χ1v) is 14.1. The van der Waals surface area contributed by atoms with Crippen LogP contribution in [-0.2, 0) is 13.7 Å². The summed E-state index contributed by atoms with van der Waals surface area (Å²) in [5.74, 6) is 0. The Morgan fingerprint density at radius 2 is 1.59 bits per heavy atom. The van der Waals surface area contributed by atoms with Gasteiger partial charge in [-0.3, -0.25) is 4.68 Å². The molecular formula is C22H41BN2O3Si. The lowest BCUT2D eigenvalue weighted by atomic mass is 9.79. The SMILES string of the molecule is Cc1c(B2OC(C)(C)C(C)(C)O2)cnn1C1CCC(O[Si](C)(C)C(C)(C)C)CC1. The van der Waals surface area contributed by atoms with Gasteiger partial charge in [-0.25, -0.2) is 0 Å². The molecule has 2 aliphatic rings. The average molecular weight is 420 g/mol. The number of hydrogen-bond acceptors (Lipinski definition) is 4. The molecule has 29 heavy (non-hydrogen) atoms. The van der Waals surface area contributed by atoms with Gasteiger partial charge < -0.3 is 13.7 Å². The fourth-order valence-corrected chi connectivity index (χ4v) is 5.43. The Morgan fingerprint density at radius 3 is 2.07 bits per heavy atom. The van der Waals surface area contributed by atoms with Gasteiger partial charge in [-0.1, -0.05) is 20.8 Å². The van der Waals surface area contributed by atoms with Gasteiger partial charge in [-0.15, -0.1) is 0 Å². The Morgan fingerprint density at radius 1 is 1.07 bits per heavy atom. The van der Waals surface area contributed by atoms with E-state index in [1.807, 2.05) is 6.20 Å². The Bertz CT molecular complexity index is 715. The molecule has 5 nitrogen and oxygen atoms in total. The molecule has 0 aromatic carbocycles. The minimum atomic E-state index is -1.70. The molecule has 1 aliphatic heterocycles. The molecule has 0 bridgehead atoms. The molecule has 0 radical (unpaired) electrons. The van der Waals surface area contributed by atoms with Crippen molar-refractivity contribution in [3.8, 4) is 0 Å². The van der Waals surface area contributed by atoms with Crippen molar-refractivity contribution in [3.63, 3.8) is 0 Å². The Balaban J connectivity index is 1.65. The quantitative estimate of drug-likeness (QED) is 0.644. The van der Waals surface area contributed by atoms with Crippen molar-refractivity contribution >= 4 is 20.9 Å². The van der Waals surface area contributed by atoms with Crippen LogP contribution in [0.2, 0.25) is 18.1 Å². The molecule has 1 aliphatic carbocycles. The predicted octanol–water partition coefficient (Wildman–Crippen LogP) is 5.00. The monoisotopic (exact) mass is 420 g/mol. The molecule has 164 valence electrons. The van der Waals surface area contributed by atoms with Gasteiger partial charge >= 0.3 is 7.12 Å². The fourth-order valence-electron chi connectivity index (χ4n) is 4.01. The van der Waals surface area contributed by atoms with Crippen LogP contribution in [0.25, 0.3) is 0 Å². The maximum absolute atomic E-state index is 6.66. The summed E-state index contributed by atoms with van der Waals surface area (Å²) < 4.78 is 21.3. The summed E-state index contributed by atoms with van der Waals surface area (Å²) in [5.41, 5.74) is 1.57. The zero-order chi connectivity index (χ0) is 21.8. The summed E-state index contributed by atoms with van der Waals surface area (Å²) in [6, 6.07) is 0.436. The highest BCUT2D eigenvalue weighted by molar-refractivity contribution is 6.74. The third kappa shape index (κ3) is 4.39. The molecule has 2 heterocycles. The Kier molecular flexibility index (Phi) is 5.96. The van der Waals surface area contributed by atoms with Crippen LogP contribution in [0.1, 0.15) is 85.9 Å². The average Bonchev–Trinajstić information content (AvgIpc) is 3.03. The van der Waals surface area contributed by atoms with Gasteiger partial charge in [-0.05, 0) is 78.4 Å². The summed E-state index contributed by atoms with van der Waals surface area (Å²) in [6.07, 6.45) is 6.79. The summed E-state index contributed by atoms with van der Waals surface area (Å²) >= 11 is 0. The highest BCUT2D eigenvalue weighted by Crippen LogP contribution is 2.41. The van der Waals surface area contributed by atoms with Crippen molar-refractivity contribution in [1.29, 1.82) is 0 Å². The molecule has 0 unspecified atom stereocenters. The van der Waals surface area contributed by atoms with Crippen LogP contribution < -0.4 is 5.46 Å². The third-order valence-electron chi connectivity index (χ3n) is 7.85. The predicted molar refractivity (Wildman–Crippen MR) is 122 cm³/mol. The molecule has 1 aromatic heterocycles. The second-order valence-electron chi connectivity index (χ2n) is 11.5. The highest BCUT2D eigenvalue weighted by atomic mass is 28.4. The molecule has 0 spiro atoms. The van der Waals surface area contributed by atoms with Gasteiger partial charge in [0.25, 0.3) is 0 Å². The highest BCUT2D eigenvalue weighted by Gasteiger charge is 2.52. The maximum atomic E-state index is 6.66. The van der Waals surface area contributed by atoms with E-state index in [9.17, 15) is 0 Å². The van der Waals surface area contributed by atoms with E-state index in [4.69, 9.17) is 18.8 Å². The van der Waals surface area contributed by atoms with E-state index in [0.717, 1.165) is 36.8 Å². The Hall–Kier alpha value is -0.628. The third-order valence-corrected chi connectivity index (χ3v) is 12.4. The first kappa shape index (κ1) is 23.0. The lowest BCUT2D eigenvalue weighted by molar-refractivity contribution is 0.00578. The molecule has 0 atom stereocenters. The number of hydrogen-bond donors (Lipinski definition) is 0. The van der Waals surface area contributed by atoms with Crippen molar-refractivity contribution in [2.24, 2.45) is 0 Å². The van der Waals surface area contributed by atoms with Crippen molar-refractivity contribution < 1.29 is 13.7 Å². The summed E-state index contributed by atoms with van der Waals surface area (Å²) in [6.45, 7) is 22.2.